The molecule has 24 heavy (non-hydrogen) atoms. The summed E-state index contributed by atoms with van der Waals surface area (Å²) < 4.78 is 44.7. The Balaban J connectivity index is 3.06. The zero-order valence-electron chi connectivity index (χ0n) is 14.2. The van der Waals surface area contributed by atoms with Crippen LogP contribution in [0.25, 0.3) is 0 Å². The number of rotatable bonds is 6. The summed E-state index contributed by atoms with van der Waals surface area (Å²) in [6.45, 7) is 6.84. The molecule has 0 aromatic heterocycles. The molecule has 0 unspecified atom stereocenters. The van der Waals surface area contributed by atoms with E-state index in [0.717, 1.165) is 12.1 Å². The molecular weight excluding hydrogens is 325 g/mol. The molecule has 0 heterocycles. The van der Waals surface area contributed by atoms with Crippen LogP contribution in [-0.2, 0) is 6.18 Å². The lowest BCUT2D eigenvalue weighted by molar-refractivity contribution is -0.137. The zero-order chi connectivity index (χ0) is 18.5. The Morgan fingerprint density at radius 2 is 1.92 bits per heavy atom. The summed E-state index contributed by atoms with van der Waals surface area (Å²) in [5, 5.41) is 12.1. The van der Waals surface area contributed by atoms with Gasteiger partial charge in [0.25, 0.3) is 0 Å². The molecule has 0 radical (unpaired) electrons. The lowest BCUT2D eigenvalue weighted by Gasteiger charge is -2.28. The molecular formula is C16H23F3N2O3. The third-order valence-corrected chi connectivity index (χ3v) is 3.10. The number of hydrogen-bond acceptors (Lipinski definition) is 3. The van der Waals surface area contributed by atoms with Gasteiger partial charge in [-0.2, -0.15) is 13.2 Å². The van der Waals surface area contributed by atoms with Crippen LogP contribution in [0.3, 0.4) is 0 Å². The third-order valence-electron chi connectivity index (χ3n) is 3.10. The van der Waals surface area contributed by atoms with E-state index in [9.17, 15) is 23.1 Å². The number of ether oxygens (including phenoxy) is 1. The smallest absolute Gasteiger partial charge is 0.418 e. The number of amides is 2. The normalized spacial score (nSPS) is 12.0. The fourth-order valence-corrected chi connectivity index (χ4v) is 2.11. The van der Waals surface area contributed by atoms with Gasteiger partial charge in [-0.05, 0) is 45.9 Å². The van der Waals surface area contributed by atoms with Gasteiger partial charge in [-0.3, -0.25) is 0 Å². The quantitative estimate of drug-likeness (QED) is 0.823. The van der Waals surface area contributed by atoms with Crippen LogP contribution < -0.4 is 10.1 Å². The Morgan fingerprint density at radius 1 is 1.29 bits per heavy atom. The minimum absolute atomic E-state index is 0.00624. The van der Waals surface area contributed by atoms with Crippen molar-refractivity contribution in [1.82, 2.24) is 4.90 Å². The van der Waals surface area contributed by atoms with Crippen molar-refractivity contribution in [3.05, 3.63) is 23.8 Å². The molecule has 2 amide bonds. The van der Waals surface area contributed by atoms with Gasteiger partial charge in [0.05, 0.1) is 30.0 Å². The van der Waals surface area contributed by atoms with E-state index in [0.29, 0.717) is 0 Å². The van der Waals surface area contributed by atoms with E-state index >= 15 is 0 Å². The van der Waals surface area contributed by atoms with Gasteiger partial charge in [0.1, 0.15) is 5.75 Å². The number of aliphatic hydroxyl groups is 1. The first kappa shape index (κ1) is 20.1. The number of nitrogens with zero attached hydrogens (tertiary/aromatic N) is 1. The molecule has 5 nitrogen and oxygen atoms in total. The van der Waals surface area contributed by atoms with Crippen LogP contribution in [0.15, 0.2) is 18.2 Å². The number of anilines is 1. The van der Waals surface area contributed by atoms with Crippen LogP contribution in [0.4, 0.5) is 23.7 Å². The average Bonchev–Trinajstić information content (AvgIpc) is 2.44. The summed E-state index contributed by atoms with van der Waals surface area (Å²) in [6.07, 6.45) is -4.64. The molecule has 0 aliphatic carbocycles. The number of urea groups is 1. The number of nitrogens with one attached hydrogen (secondary N) is 1. The van der Waals surface area contributed by atoms with Crippen LogP contribution >= 0.6 is 0 Å². The number of likely N-dealkylation sites (N-methyl/N-ethyl adjacent to an activating group) is 1. The van der Waals surface area contributed by atoms with Gasteiger partial charge in [-0.15, -0.1) is 0 Å². The predicted octanol–water partition coefficient (Wildman–Crippen LogP) is 3.73. The lowest BCUT2D eigenvalue weighted by Crippen LogP contribution is -2.44. The average molecular weight is 348 g/mol. The van der Waals surface area contributed by atoms with E-state index in [1.807, 2.05) is 0 Å². The van der Waals surface area contributed by atoms with Gasteiger partial charge in [0, 0.05) is 6.54 Å². The van der Waals surface area contributed by atoms with Crippen molar-refractivity contribution in [1.29, 1.82) is 0 Å². The molecule has 0 aliphatic rings. The highest BCUT2D eigenvalue weighted by molar-refractivity contribution is 5.90. The van der Waals surface area contributed by atoms with Crippen molar-refractivity contribution in [2.24, 2.45) is 0 Å². The number of carbonyl (C=O) groups excluding carboxylic acids is 1. The number of benzene rings is 1. The van der Waals surface area contributed by atoms with Gasteiger partial charge in [-0.1, -0.05) is 0 Å². The van der Waals surface area contributed by atoms with Crippen molar-refractivity contribution in [2.45, 2.75) is 39.5 Å². The fourth-order valence-electron chi connectivity index (χ4n) is 2.11. The number of alkyl halides is 3. The monoisotopic (exact) mass is 348 g/mol. The van der Waals surface area contributed by atoms with Crippen molar-refractivity contribution in [3.8, 4) is 5.75 Å². The van der Waals surface area contributed by atoms with Crippen LogP contribution in [0.2, 0.25) is 0 Å². The Bertz CT molecular complexity index is 569. The van der Waals surface area contributed by atoms with E-state index in [2.05, 4.69) is 5.32 Å². The van der Waals surface area contributed by atoms with Gasteiger partial charge in [0.2, 0.25) is 0 Å². The molecule has 0 fully saturated rings. The van der Waals surface area contributed by atoms with E-state index in [1.165, 1.54) is 24.8 Å². The van der Waals surface area contributed by atoms with Gasteiger partial charge in [-0.25, -0.2) is 4.79 Å². The standard InChI is InChI=1S/C16H23F3N2O3/c1-5-21(10-15(3,4)23)14(22)20-13-8-7-11(24-6-2)9-12(13)16(17,18)19/h7-9,23H,5-6,10H2,1-4H3,(H,20,22). The summed E-state index contributed by atoms with van der Waals surface area (Å²) in [7, 11) is 0. The number of hydrogen-bond donors (Lipinski definition) is 2. The maximum absolute atomic E-state index is 13.2. The zero-order valence-corrected chi connectivity index (χ0v) is 14.2. The fraction of sp³-hybridized carbons (Fsp3) is 0.562. The Kier molecular flexibility index (Phi) is 6.48. The van der Waals surface area contributed by atoms with Crippen LogP contribution in [0.1, 0.15) is 33.3 Å². The second-order valence-electron chi connectivity index (χ2n) is 5.89. The Labute approximate surface area is 139 Å². The number of halogens is 3. The molecule has 1 aromatic rings. The molecule has 136 valence electrons. The van der Waals surface area contributed by atoms with Crippen molar-refractivity contribution < 1.29 is 27.8 Å². The Hall–Kier alpha value is -1.96. The molecule has 0 saturated carbocycles. The minimum atomic E-state index is -4.64. The molecule has 8 heteroatoms. The molecule has 0 bridgehead atoms. The molecule has 1 rings (SSSR count). The first-order valence-electron chi connectivity index (χ1n) is 7.60. The first-order valence-corrected chi connectivity index (χ1v) is 7.60. The second kappa shape index (κ2) is 7.74. The summed E-state index contributed by atoms with van der Waals surface area (Å²) in [6, 6.07) is 2.66. The van der Waals surface area contributed by atoms with E-state index < -0.39 is 23.4 Å². The van der Waals surface area contributed by atoms with E-state index in [1.54, 1.807) is 13.8 Å². The van der Waals surface area contributed by atoms with E-state index in [-0.39, 0.29) is 31.1 Å². The highest BCUT2D eigenvalue weighted by atomic mass is 19.4. The molecule has 0 aliphatic heterocycles. The molecule has 0 saturated heterocycles. The van der Waals surface area contributed by atoms with Crippen molar-refractivity contribution >= 4 is 11.7 Å². The summed E-state index contributed by atoms with van der Waals surface area (Å²) in [4.78, 5) is 13.4. The lowest BCUT2D eigenvalue weighted by atomic mass is 10.1. The molecule has 2 N–H and O–H groups in total. The van der Waals surface area contributed by atoms with Crippen LogP contribution in [-0.4, -0.2) is 41.3 Å². The van der Waals surface area contributed by atoms with Crippen molar-refractivity contribution in [3.63, 3.8) is 0 Å². The van der Waals surface area contributed by atoms with E-state index in [4.69, 9.17) is 4.74 Å². The SMILES string of the molecule is CCOc1ccc(NC(=O)N(CC)CC(C)(C)O)c(C(F)(F)F)c1. The molecule has 1 aromatic carbocycles. The minimum Gasteiger partial charge on any atom is -0.494 e. The van der Waals surface area contributed by atoms with Crippen LogP contribution in [0, 0.1) is 0 Å². The van der Waals surface area contributed by atoms with Crippen molar-refractivity contribution in [2.75, 3.05) is 25.0 Å². The van der Waals surface area contributed by atoms with Gasteiger partial charge >= 0.3 is 12.2 Å². The first-order chi connectivity index (χ1) is 11.0. The topological polar surface area (TPSA) is 61.8 Å². The third kappa shape index (κ3) is 5.92. The number of carbonyl (C=O) groups is 1. The highest BCUT2D eigenvalue weighted by Gasteiger charge is 2.35. The van der Waals surface area contributed by atoms with Crippen LogP contribution in [0.5, 0.6) is 5.75 Å². The Morgan fingerprint density at radius 3 is 2.38 bits per heavy atom. The summed E-state index contributed by atoms with van der Waals surface area (Å²) in [5.41, 5.74) is -2.50. The maximum Gasteiger partial charge on any atom is 0.418 e. The maximum atomic E-state index is 13.2. The second-order valence-corrected chi connectivity index (χ2v) is 5.89. The summed E-state index contributed by atoms with van der Waals surface area (Å²) in [5.74, 6) is 0.0756. The molecule has 0 atom stereocenters. The largest absolute Gasteiger partial charge is 0.494 e. The summed E-state index contributed by atoms with van der Waals surface area (Å²) >= 11 is 0. The predicted molar refractivity (Wildman–Crippen MR) is 85.2 cm³/mol. The van der Waals surface area contributed by atoms with Gasteiger partial charge < -0.3 is 20.1 Å². The van der Waals surface area contributed by atoms with Gasteiger partial charge in [0.15, 0.2) is 0 Å². The highest BCUT2D eigenvalue weighted by Crippen LogP contribution is 2.37. The molecule has 0 spiro atoms.